The fourth-order valence-electron chi connectivity index (χ4n) is 4.65. The Hall–Kier alpha value is -5.12. The summed E-state index contributed by atoms with van der Waals surface area (Å²) in [6, 6.07) is 40.5. The van der Waals surface area contributed by atoms with E-state index in [4.69, 9.17) is 4.42 Å². The first-order valence-electron chi connectivity index (χ1n) is 11.3. The van der Waals surface area contributed by atoms with Gasteiger partial charge in [-0.05, 0) is 64.7 Å². The lowest BCUT2D eigenvalue weighted by Gasteiger charge is -2.14. The smallest absolute Gasteiger partial charge is 0.136 e. The molecule has 0 aliphatic rings. The predicted octanol–water partition coefficient (Wildman–Crippen LogP) is 8.33. The van der Waals surface area contributed by atoms with Crippen molar-refractivity contribution in [1.82, 2.24) is 0 Å². The van der Waals surface area contributed by atoms with Gasteiger partial charge in [-0.25, -0.2) is 0 Å². The van der Waals surface area contributed by atoms with Crippen LogP contribution >= 0.6 is 0 Å². The number of hydrogen-bond acceptors (Lipinski definition) is 3. The highest BCUT2D eigenvalue weighted by molar-refractivity contribution is 6.06. The highest BCUT2D eigenvalue weighted by Crippen LogP contribution is 2.39. The van der Waals surface area contributed by atoms with Gasteiger partial charge in [0, 0.05) is 21.9 Å². The Kier molecular flexibility index (Phi) is 4.88. The van der Waals surface area contributed by atoms with E-state index in [2.05, 4.69) is 36.4 Å². The van der Waals surface area contributed by atoms with Crippen LogP contribution in [0, 0.1) is 22.7 Å². The molecule has 0 unspecified atom stereocenters. The number of furan rings is 1. The summed E-state index contributed by atoms with van der Waals surface area (Å²) >= 11 is 0. The highest BCUT2D eigenvalue weighted by Gasteiger charge is 2.16. The molecule has 0 aliphatic carbocycles. The summed E-state index contributed by atoms with van der Waals surface area (Å²) < 4.78 is 6.13. The first-order chi connectivity index (χ1) is 17.2. The normalized spacial score (nSPS) is 10.8. The van der Waals surface area contributed by atoms with E-state index in [9.17, 15) is 10.5 Å². The van der Waals surface area contributed by atoms with Crippen molar-refractivity contribution in [1.29, 1.82) is 10.5 Å². The average Bonchev–Trinajstić information content (AvgIpc) is 3.30. The molecule has 0 aliphatic heterocycles. The van der Waals surface area contributed by atoms with Gasteiger partial charge in [-0.3, -0.25) is 0 Å². The van der Waals surface area contributed by atoms with Crippen LogP contribution in [-0.2, 0) is 0 Å². The highest BCUT2D eigenvalue weighted by atomic mass is 16.3. The van der Waals surface area contributed by atoms with Gasteiger partial charge >= 0.3 is 0 Å². The van der Waals surface area contributed by atoms with Gasteiger partial charge in [0.25, 0.3) is 0 Å². The molecule has 0 bridgehead atoms. The predicted molar refractivity (Wildman–Crippen MR) is 139 cm³/mol. The molecule has 162 valence electrons. The Labute approximate surface area is 202 Å². The molecular formula is C32H18N2O. The molecule has 6 rings (SSSR count). The molecule has 0 N–H and O–H groups in total. The van der Waals surface area contributed by atoms with Crippen molar-refractivity contribution in [3.05, 3.63) is 120 Å². The Morgan fingerprint density at radius 1 is 0.486 bits per heavy atom. The van der Waals surface area contributed by atoms with Crippen molar-refractivity contribution in [2.75, 3.05) is 0 Å². The fraction of sp³-hybridized carbons (Fsp3) is 0. The summed E-state index contributed by atoms with van der Waals surface area (Å²) in [5.41, 5.74) is 8.47. The summed E-state index contributed by atoms with van der Waals surface area (Å²) in [7, 11) is 0. The Morgan fingerprint density at radius 3 is 1.63 bits per heavy atom. The molecule has 0 amide bonds. The zero-order valence-corrected chi connectivity index (χ0v) is 18.7. The van der Waals surface area contributed by atoms with Crippen LogP contribution in [0.15, 0.2) is 114 Å². The number of benzene rings is 5. The maximum atomic E-state index is 10.2. The molecule has 0 saturated heterocycles. The average molecular weight is 447 g/mol. The van der Waals surface area contributed by atoms with Crippen molar-refractivity contribution in [3.8, 4) is 45.5 Å². The molecule has 35 heavy (non-hydrogen) atoms. The molecule has 1 heterocycles. The van der Waals surface area contributed by atoms with Crippen LogP contribution in [0.5, 0.6) is 0 Å². The van der Waals surface area contributed by atoms with Gasteiger partial charge in [-0.1, -0.05) is 66.7 Å². The van der Waals surface area contributed by atoms with Crippen LogP contribution in [0.1, 0.15) is 11.1 Å². The van der Waals surface area contributed by atoms with Gasteiger partial charge in [0.1, 0.15) is 17.2 Å². The minimum absolute atomic E-state index is 0.573. The molecule has 6 aromatic rings. The molecule has 0 spiro atoms. The van der Waals surface area contributed by atoms with Crippen molar-refractivity contribution < 1.29 is 4.42 Å². The van der Waals surface area contributed by atoms with Crippen molar-refractivity contribution >= 4 is 21.9 Å². The molecule has 3 heteroatoms. The minimum atomic E-state index is 0.573. The van der Waals surface area contributed by atoms with E-state index >= 15 is 0 Å². The van der Waals surface area contributed by atoms with E-state index in [0.29, 0.717) is 16.7 Å². The standard InChI is InChI=1S/C32H18N2O/c33-19-21-11-13-26-27-14-12-24(18-32(27)35-31(26)15-21)25-16-28(22-7-3-1-4-8-22)30(20-34)29(17-25)23-9-5-2-6-10-23/h1-18H. The lowest BCUT2D eigenvalue weighted by Crippen LogP contribution is -1.92. The zero-order chi connectivity index (χ0) is 23.8. The van der Waals surface area contributed by atoms with E-state index in [1.807, 2.05) is 78.9 Å². The third-order valence-electron chi connectivity index (χ3n) is 6.36. The Morgan fingerprint density at radius 2 is 1.06 bits per heavy atom. The first-order valence-corrected chi connectivity index (χ1v) is 11.3. The monoisotopic (exact) mass is 446 g/mol. The quantitative estimate of drug-likeness (QED) is 0.274. The molecular weight excluding hydrogens is 428 g/mol. The largest absolute Gasteiger partial charge is 0.456 e. The number of nitriles is 2. The van der Waals surface area contributed by atoms with Crippen LogP contribution in [0.25, 0.3) is 55.3 Å². The molecule has 0 saturated carbocycles. The summed E-state index contributed by atoms with van der Waals surface area (Å²) in [4.78, 5) is 0. The number of fused-ring (bicyclic) bond motifs is 3. The van der Waals surface area contributed by atoms with E-state index in [-0.39, 0.29) is 0 Å². The topological polar surface area (TPSA) is 60.7 Å². The van der Waals surface area contributed by atoms with Gasteiger partial charge < -0.3 is 4.42 Å². The summed E-state index contributed by atoms with van der Waals surface area (Å²) in [6.45, 7) is 0. The zero-order valence-electron chi connectivity index (χ0n) is 18.7. The van der Waals surface area contributed by atoms with Crippen molar-refractivity contribution in [3.63, 3.8) is 0 Å². The second-order valence-electron chi connectivity index (χ2n) is 8.43. The summed E-state index contributed by atoms with van der Waals surface area (Å²) in [5.74, 6) is 0. The molecule has 0 fully saturated rings. The maximum Gasteiger partial charge on any atom is 0.136 e. The van der Waals surface area contributed by atoms with Gasteiger partial charge in [0.05, 0.1) is 17.2 Å². The fourth-order valence-corrected chi connectivity index (χ4v) is 4.65. The van der Waals surface area contributed by atoms with Crippen LogP contribution in [0.2, 0.25) is 0 Å². The SMILES string of the molecule is N#Cc1ccc2c(c1)oc1cc(-c3cc(-c4ccccc4)c(C#N)c(-c4ccccc4)c3)ccc12. The molecule has 0 radical (unpaired) electrons. The second-order valence-corrected chi connectivity index (χ2v) is 8.43. The van der Waals surface area contributed by atoms with Gasteiger partial charge in [0.15, 0.2) is 0 Å². The lowest BCUT2D eigenvalue weighted by atomic mass is 9.88. The second kappa shape index (κ2) is 8.34. The van der Waals surface area contributed by atoms with E-state index in [1.165, 1.54) is 0 Å². The number of rotatable bonds is 3. The first kappa shape index (κ1) is 20.5. The van der Waals surface area contributed by atoms with Crippen LogP contribution in [0.3, 0.4) is 0 Å². The van der Waals surface area contributed by atoms with Crippen molar-refractivity contribution in [2.45, 2.75) is 0 Å². The van der Waals surface area contributed by atoms with Gasteiger partial charge in [-0.15, -0.1) is 0 Å². The van der Waals surface area contributed by atoms with Crippen molar-refractivity contribution in [2.24, 2.45) is 0 Å². The van der Waals surface area contributed by atoms with Gasteiger partial charge in [0.2, 0.25) is 0 Å². The molecule has 1 aromatic heterocycles. The van der Waals surface area contributed by atoms with Crippen LogP contribution in [-0.4, -0.2) is 0 Å². The van der Waals surface area contributed by atoms with Gasteiger partial charge in [-0.2, -0.15) is 10.5 Å². The van der Waals surface area contributed by atoms with Crippen LogP contribution in [0.4, 0.5) is 0 Å². The number of hydrogen-bond donors (Lipinski definition) is 0. The molecule has 5 aromatic carbocycles. The summed E-state index contributed by atoms with van der Waals surface area (Å²) in [5, 5.41) is 21.4. The number of nitrogens with zero attached hydrogens (tertiary/aromatic N) is 2. The van der Waals surface area contributed by atoms with E-state index in [1.54, 1.807) is 6.07 Å². The van der Waals surface area contributed by atoms with E-state index in [0.717, 1.165) is 49.7 Å². The Balaban J connectivity index is 1.60. The third kappa shape index (κ3) is 3.53. The summed E-state index contributed by atoms with van der Waals surface area (Å²) in [6.07, 6.45) is 0. The van der Waals surface area contributed by atoms with Crippen LogP contribution < -0.4 is 0 Å². The molecule has 0 atom stereocenters. The maximum absolute atomic E-state index is 10.2. The molecule has 3 nitrogen and oxygen atoms in total. The Bertz CT molecular complexity index is 1740. The van der Waals surface area contributed by atoms with E-state index < -0.39 is 0 Å². The lowest BCUT2D eigenvalue weighted by molar-refractivity contribution is 0.669. The third-order valence-corrected chi connectivity index (χ3v) is 6.36. The minimum Gasteiger partial charge on any atom is -0.456 e.